The van der Waals surface area contributed by atoms with Gasteiger partial charge in [0, 0.05) is 24.7 Å². The molecule has 2 fully saturated rings. The Morgan fingerprint density at radius 3 is 2.46 bits per heavy atom. The van der Waals surface area contributed by atoms with Crippen LogP contribution in [-0.2, 0) is 13.6 Å². The average molecular weight is 326 g/mol. The molecular weight excluding hydrogens is 300 g/mol. The second-order valence-corrected chi connectivity index (χ2v) is 7.21. The highest BCUT2D eigenvalue weighted by Gasteiger charge is 2.34. The Morgan fingerprint density at radius 2 is 1.88 bits per heavy atom. The number of methoxy groups -OCH3 is 1. The molecule has 1 unspecified atom stereocenters. The summed E-state index contributed by atoms with van der Waals surface area (Å²) in [5.74, 6) is 4.53. The smallest absolute Gasteiger partial charge is 0.152 e. The Balaban J connectivity index is 1.59. The van der Waals surface area contributed by atoms with Gasteiger partial charge in [0.1, 0.15) is 11.6 Å². The van der Waals surface area contributed by atoms with E-state index in [0.29, 0.717) is 12.0 Å². The summed E-state index contributed by atoms with van der Waals surface area (Å²) in [5, 5.41) is 8.92. The SMILES string of the molecule is COc1ccc(N(Cc2nnc(C3CC3)n2C)C(C)C2CC2)cc1. The summed E-state index contributed by atoms with van der Waals surface area (Å²) in [6, 6.07) is 8.88. The number of rotatable bonds is 7. The van der Waals surface area contributed by atoms with Crippen molar-refractivity contribution in [2.24, 2.45) is 13.0 Å². The van der Waals surface area contributed by atoms with E-state index in [1.165, 1.54) is 31.4 Å². The summed E-state index contributed by atoms with van der Waals surface area (Å²) >= 11 is 0. The van der Waals surface area contributed by atoms with Crippen molar-refractivity contribution in [2.75, 3.05) is 12.0 Å². The van der Waals surface area contributed by atoms with Crippen molar-refractivity contribution >= 4 is 5.69 Å². The van der Waals surface area contributed by atoms with E-state index in [1.807, 2.05) is 12.1 Å². The average Bonchev–Trinajstić information content (AvgIpc) is 3.51. The third-order valence-electron chi connectivity index (χ3n) is 5.45. The molecule has 0 aliphatic heterocycles. The number of nitrogens with zero attached hydrogens (tertiary/aromatic N) is 4. The van der Waals surface area contributed by atoms with Crippen LogP contribution in [0.1, 0.15) is 50.2 Å². The van der Waals surface area contributed by atoms with E-state index in [-0.39, 0.29) is 0 Å². The second kappa shape index (κ2) is 6.11. The Morgan fingerprint density at radius 1 is 1.17 bits per heavy atom. The van der Waals surface area contributed by atoms with E-state index in [2.05, 4.69) is 45.8 Å². The van der Waals surface area contributed by atoms with Gasteiger partial charge in [0.15, 0.2) is 5.82 Å². The summed E-state index contributed by atoms with van der Waals surface area (Å²) in [6.07, 6.45) is 5.18. The lowest BCUT2D eigenvalue weighted by Gasteiger charge is -2.31. The zero-order chi connectivity index (χ0) is 16.7. The summed E-state index contributed by atoms with van der Waals surface area (Å²) in [6.45, 7) is 3.14. The molecule has 5 heteroatoms. The van der Waals surface area contributed by atoms with Crippen LogP contribution >= 0.6 is 0 Å². The number of hydrogen-bond donors (Lipinski definition) is 0. The predicted octanol–water partition coefficient (Wildman–Crippen LogP) is 3.51. The van der Waals surface area contributed by atoms with Gasteiger partial charge < -0.3 is 14.2 Å². The molecule has 5 nitrogen and oxygen atoms in total. The zero-order valence-electron chi connectivity index (χ0n) is 14.8. The van der Waals surface area contributed by atoms with Gasteiger partial charge in [-0.05, 0) is 62.8 Å². The van der Waals surface area contributed by atoms with Crippen molar-refractivity contribution < 1.29 is 4.74 Å². The molecule has 4 rings (SSSR count). The highest BCUT2D eigenvalue weighted by Crippen LogP contribution is 2.40. The number of aromatic nitrogens is 3. The molecule has 0 radical (unpaired) electrons. The van der Waals surface area contributed by atoms with E-state index in [1.54, 1.807) is 7.11 Å². The van der Waals surface area contributed by atoms with Crippen molar-refractivity contribution in [3.8, 4) is 5.75 Å². The van der Waals surface area contributed by atoms with E-state index < -0.39 is 0 Å². The van der Waals surface area contributed by atoms with Crippen LogP contribution in [0.25, 0.3) is 0 Å². The van der Waals surface area contributed by atoms with E-state index in [4.69, 9.17) is 4.74 Å². The van der Waals surface area contributed by atoms with Crippen molar-refractivity contribution in [1.82, 2.24) is 14.8 Å². The lowest BCUT2D eigenvalue weighted by atomic mass is 10.1. The molecule has 2 aliphatic rings. The molecule has 1 aromatic heterocycles. The summed E-state index contributed by atoms with van der Waals surface area (Å²) < 4.78 is 7.50. The zero-order valence-corrected chi connectivity index (χ0v) is 14.8. The molecule has 2 aromatic rings. The fourth-order valence-corrected chi connectivity index (χ4v) is 3.44. The molecule has 0 saturated heterocycles. The van der Waals surface area contributed by atoms with Gasteiger partial charge in [-0.1, -0.05) is 0 Å². The summed E-state index contributed by atoms with van der Waals surface area (Å²) in [4.78, 5) is 2.47. The highest BCUT2D eigenvalue weighted by molar-refractivity contribution is 5.50. The number of benzene rings is 1. The van der Waals surface area contributed by atoms with Crippen molar-refractivity contribution in [1.29, 1.82) is 0 Å². The first-order chi connectivity index (χ1) is 11.7. The predicted molar refractivity (Wildman–Crippen MR) is 94.3 cm³/mol. The van der Waals surface area contributed by atoms with Crippen LogP contribution in [0.15, 0.2) is 24.3 Å². The monoisotopic (exact) mass is 326 g/mol. The van der Waals surface area contributed by atoms with Crippen LogP contribution in [0, 0.1) is 5.92 Å². The first-order valence-corrected chi connectivity index (χ1v) is 8.96. The highest BCUT2D eigenvalue weighted by atomic mass is 16.5. The Kier molecular flexibility index (Phi) is 3.94. The van der Waals surface area contributed by atoms with Gasteiger partial charge in [-0.25, -0.2) is 0 Å². The fraction of sp³-hybridized carbons (Fsp3) is 0.579. The lowest BCUT2D eigenvalue weighted by Crippen LogP contribution is -2.35. The number of hydrogen-bond acceptors (Lipinski definition) is 4. The molecule has 0 bridgehead atoms. The topological polar surface area (TPSA) is 43.2 Å². The summed E-state index contributed by atoms with van der Waals surface area (Å²) in [7, 11) is 3.82. The van der Waals surface area contributed by atoms with Gasteiger partial charge >= 0.3 is 0 Å². The van der Waals surface area contributed by atoms with E-state index in [0.717, 1.165) is 29.9 Å². The molecule has 1 aromatic carbocycles. The third-order valence-corrected chi connectivity index (χ3v) is 5.45. The maximum atomic E-state index is 5.30. The lowest BCUT2D eigenvalue weighted by molar-refractivity contribution is 0.414. The van der Waals surface area contributed by atoms with Crippen LogP contribution < -0.4 is 9.64 Å². The number of ether oxygens (including phenoxy) is 1. The minimum atomic E-state index is 0.513. The molecule has 2 aliphatic carbocycles. The van der Waals surface area contributed by atoms with E-state index in [9.17, 15) is 0 Å². The first-order valence-electron chi connectivity index (χ1n) is 8.96. The molecule has 0 N–H and O–H groups in total. The quantitative estimate of drug-likeness (QED) is 0.781. The molecule has 24 heavy (non-hydrogen) atoms. The van der Waals surface area contributed by atoms with Gasteiger partial charge in [0.2, 0.25) is 0 Å². The third kappa shape index (κ3) is 2.99. The van der Waals surface area contributed by atoms with Crippen LogP contribution in [0.3, 0.4) is 0 Å². The maximum absolute atomic E-state index is 5.30. The van der Waals surface area contributed by atoms with Gasteiger partial charge in [0.25, 0.3) is 0 Å². The molecule has 0 amide bonds. The van der Waals surface area contributed by atoms with Crippen LogP contribution in [0.5, 0.6) is 5.75 Å². The molecule has 0 spiro atoms. The molecular formula is C19H26N4O. The second-order valence-electron chi connectivity index (χ2n) is 7.21. The van der Waals surface area contributed by atoms with E-state index >= 15 is 0 Å². The van der Waals surface area contributed by atoms with Gasteiger partial charge in [-0.2, -0.15) is 0 Å². The van der Waals surface area contributed by atoms with Crippen molar-refractivity contribution in [2.45, 2.75) is 51.1 Å². The summed E-state index contributed by atoms with van der Waals surface area (Å²) in [5.41, 5.74) is 1.23. The largest absolute Gasteiger partial charge is 0.497 e. The molecule has 1 heterocycles. The standard InChI is InChI=1S/C19H26N4O/c1-13(14-4-5-14)23(16-8-10-17(24-3)11-9-16)12-18-20-21-19(22(18)2)15-6-7-15/h8-11,13-15H,4-7,12H2,1-3H3. The normalized spacial score (nSPS) is 18.5. The minimum Gasteiger partial charge on any atom is -0.497 e. The fourth-order valence-electron chi connectivity index (χ4n) is 3.44. The van der Waals surface area contributed by atoms with Gasteiger partial charge in [-0.15, -0.1) is 10.2 Å². The van der Waals surface area contributed by atoms with Crippen LogP contribution in [-0.4, -0.2) is 27.9 Å². The first kappa shape index (κ1) is 15.5. The molecule has 128 valence electrons. The van der Waals surface area contributed by atoms with Gasteiger partial charge in [0.05, 0.1) is 13.7 Å². The Bertz CT molecular complexity index is 701. The van der Waals surface area contributed by atoms with Crippen molar-refractivity contribution in [3.63, 3.8) is 0 Å². The van der Waals surface area contributed by atoms with Crippen LogP contribution in [0.4, 0.5) is 5.69 Å². The minimum absolute atomic E-state index is 0.513. The van der Waals surface area contributed by atoms with Gasteiger partial charge in [-0.3, -0.25) is 0 Å². The molecule has 2 saturated carbocycles. The Hall–Kier alpha value is -2.04. The van der Waals surface area contributed by atoms with Crippen LogP contribution in [0.2, 0.25) is 0 Å². The maximum Gasteiger partial charge on any atom is 0.152 e. The van der Waals surface area contributed by atoms with Crippen molar-refractivity contribution in [3.05, 3.63) is 35.9 Å². The molecule has 1 atom stereocenters. The number of anilines is 1. The Labute approximate surface area is 143 Å².